The molecule has 0 aromatic rings. The number of piperidine rings is 1. The third kappa shape index (κ3) is 10.0. The molecule has 1 aliphatic heterocycles. The number of carbonyl (C=O) groups is 1. The van der Waals surface area contributed by atoms with Crippen LogP contribution in [-0.4, -0.2) is 61.6 Å². The number of nitrogens with zero attached hydrogens (tertiary/aromatic N) is 2. The molecule has 1 rings (SSSR count). The number of hydrogen-bond acceptors (Lipinski definition) is 3. The number of aliphatic imine (C=N–C) groups is 1. The van der Waals surface area contributed by atoms with Gasteiger partial charge in [0.25, 0.3) is 0 Å². The van der Waals surface area contributed by atoms with Crippen molar-refractivity contribution in [3.05, 3.63) is 0 Å². The Morgan fingerprint density at radius 2 is 1.96 bits per heavy atom. The van der Waals surface area contributed by atoms with E-state index in [0.29, 0.717) is 12.0 Å². The molecule has 6 nitrogen and oxygen atoms in total. The van der Waals surface area contributed by atoms with Crippen LogP contribution in [0.4, 0.5) is 0 Å². The summed E-state index contributed by atoms with van der Waals surface area (Å²) >= 11 is 0. The second-order valence-corrected chi connectivity index (χ2v) is 7.03. The van der Waals surface area contributed by atoms with Gasteiger partial charge in [-0.1, -0.05) is 6.42 Å². The molecule has 1 fully saturated rings. The Hall–Kier alpha value is -0.570. The first-order chi connectivity index (χ1) is 10.3. The molecule has 0 saturated carbocycles. The molecule has 0 aromatic heterocycles. The molecule has 7 heteroatoms. The number of carbonyl (C=O) groups excluding carboxylic acids is 1. The second kappa shape index (κ2) is 11.1. The van der Waals surface area contributed by atoms with Crippen LogP contribution < -0.4 is 16.0 Å². The Balaban J connectivity index is 0.00000484. The van der Waals surface area contributed by atoms with Crippen LogP contribution in [-0.2, 0) is 4.79 Å². The van der Waals surface area contributed by atoms with Crippen molar-refractivity contribution >= 4 is 35.8 Å². The van der Waals surface area contributed by atoms with Gasteiger partial charge in [-0.25, -0.2) is 0 Å². The van der Waals surface area contributed by atoms with E-state index < -0.39 is 0 Å². The molecular formula is C16H34IN5O. The van der Waals surface area contributed by atoms with Crippen molar-refractivity contribution in [2.45, 2.75) is 58.5 Å². The van der Waals surface area contributed by atoms with Crippen molar-refractivity contribution < 1.29 is 4.79 Å². The number of likely N-dealkylation sites (tertiary alicyclic amines) is 1. The Labute approximate surface area is 158 Å². The molecule has 1 atom stereocenters. The summed E-state index contributed by atoms with van der Waals surface area (Å²) in [5.74, 6) is 0.647. The fourth-order valence-electron chi connectivity index (χ4n) is 2.65. The van der Waals surface area contributed by atoms with Gasteiger partial charge in [0.2, 0.25) is 5.91 Å². The molecule has 1 unspecified atom stereocenters. The SMILES string of the molecule is CN=C(NCCN1CCCCC1C)NCC(=O)NC(C)(C)C.I. The topological polar surface area (TPSA) is 68.8 Å². The fourth-order valence-corrected chi connectivity index (χ4v) is 2.65. The minimum Gasteiger partial charge on any atom is -0.355 e. The maximum absolute atomic E-state index is 11.8. The summed E-state index contributed by atoms with van der Waals surface area (Å²) in [4.78, 5) is 18.4. The van der Waals surface area contributed by atoms with Gasteiger partial charge in [0.15, 0.2) is 5.96 Å². The molecule has 1 amide bonds. The molecule has 136 valence electrons. The minimum absolute atomic E-state index is 0. The van der Waals surface area contributed by atoms with E-state index in [2.05, 4.69) is 32.8 Å². The first-order valence-corrected chi connectivity index (χ1v) is 8.31. The van der Waals surface area contributed by atoms with Crippen LogP contribution in [0.1, 0.15) is 47.0 Å². The van der Waals surface area contributed by atoms with E-state index in [1.165, 1.54) is 25.8 Å². The fraction of sp³-hybridized carbons (Fsp3) is 0.875. The summed E-state index contributed by atoms with van der Waals surface area (Å²) in [6.07, 6.45) is 3.93. The molecule has 0 aliphatic carbocycles. The lowest BCUT2D eigenvalue weighted by molar-refractivity contribution is -0.121. The lowest BCUT2D eigenvalue weighted by Crippen LogP contribution is -2.49. The number of nitrogens with one attached hydrogen (secondary N) is 3. The van der Waals surface area contributed by atoms with E-state index in [1.54, 1.807) is 7.05 Å². The van der Waals surface area contributed by atoms with E-state index in [4.69, 9.17) is 0 Å². The largest absolute Gasteiger partial charge is 0.355 e. The first kappa shape index (κ1) is 22.4. The Morgan fingerprint density at radius 3 is 2.52 bits per heavy atom. The quantitative estimate of drug-likeness (QED) is 0.346. The van der Waals surface area contributed by atoms with Gasteiger partial charge in [-0.15, -0.1) is 24.0 Å². The van der Waals surface area contributed by atoms with Crippen LogP contribution >= 0.6 is 24.0 Å². The van der Waals surface area contributed by atoms with Crippen molar-refractivity contribution in [3.8, 4) is 0 Å². The Kier molecular flexibility index (Phi) is 10.8. The zero-order chi connectivity index (χ0) is 16.6. The van der Waals surface area contributed by atoms with E-state index in [-0.39, 0.29) is 42.0 Å². The highest BCUT2D eigenvalue weighted by Crippen LogP contribution is 2.15. The maximum atomic E-state index is 11.8. The average molecular weight is 439 g/mol. The average Bonchev–Trinajstić information content (AvgIpc) is 2.42. The molecule has 0 bridgehead atoms. The van der Waals surface area contributed by atoms with Crippen LogP contribution in [0.25, 0.3) is 0 Å². The van der Waals surface area contributed by atoms with Gasteiger partial charge in [-0.3, -0.25) is 14.7 Å². The molecule has 3 N–H and O–H groups in total. The zero-order valence-corrected chi connectivity index (χ0v) is 17.6. The van der Waals surface area contributed by atoms with Crippen molar-refractivity contribution in [3.63, 3.8) is 0 Å². The van der Waals surface area contributed by atoms with Gasteiger partial charge in [-0.05, 0) is 47.1 Å². The van der Waals surface area contributed by atoms with Gasteiger partial charge in [0, 0.05) is 31.7 Å². The van der Waals surface area contributed by atoms with Crippen LogP contribution in [0, 0.1) is 0 Å². The summed E-state index contributed by atoms with van der Waals surface area (Å²) in [6, 6.07) is 0.670. The third-order valence-corrected chi connectivity index (χ3v) is 3.79. The van der Waals surface area contributed by atoms with Gasteiger partial charge < -0.3 is 16.0 Å². The summed E-state index contributed by atoms with van der Waals surface area (Å²) in [5.41, 5.74) is -0.208. The number of amides is 1. The van der Waals surface area contributed by atoms with Gasteiger partial charge in [-0.2, -0.15) is 0 Å². The normalized spacial score (nSPS) is 19.7. The molecule has 1 saturated heterocycles. The van der Waals surface area contributed by atoms with Crippen LogP contribution in [0.2, 0.25) is 0 Å². The predicted molar refractivity (Wildman–Crippen MR) is 108 cm³/mol. The maximum Gasteiger partial charge on any atom is 0.239 e. The van der Waals surface area contributed by atoms with Crippen molar-refractivity contribution in [1.29, 1.82) is 0 Å². The van der Waals surface area contributed by atoms with E-state index in [9.17, 15) is 4.79 Å². The minimum atomic E-state index is -0.208. The van der Waals surface area contributed by atoms with Crippen LogP contribution in [0.3, 0.4) is 0 Å². The van der Waals surface area contributed by atoms with Gasteiger partial charge in [0.05, 0.1) is 6.54 Å². The third-order valence-electron chi connectivity index (χ3n) is 3.79. The van der Waals surface area contributed by atoms with Gasteiger partial charge >= 0.3 is 0 Å². The summed E-state index contributed by atoms with van der Waals surface area (Å²) < 4.78 is 0. The van der Waals surface area contributed by atoms with E-state index >= 15 is 0 Å². The highest BCUT2D eigenvalue weighted by Gasteiger charge is 2.17. The monoisotopic (exact) mass is 439 g/mol. The molecular weight excluding hydrogens is 405 g/mol. The zero-order valence-electron chi connectivity index (χ0n) is 15.2. The standard InChI is InChI=1S/C16H33N5O.HI/c1-13-8-6-7-10-21(13)11-9-18-15(17-5)19-12-14(22)20-16(2,3)4;/h13H,6-12H2,1-5H3,(H,20,22)(H2,17,18,19);1H. The Morgan fingerprint density at radius 1 is 1.26 bits per heavy atom. The van der Waals surface area contributed by atoms with E-state index in [0.717, 1.165) is 13.1 Å². The molecule has 1 heterocycles. The van der Waals surface area contributed by atoms with E-state index in [1.807, 2.05) is 20.8 Å². The predicted octanol–water partition coefficient (Wildman–Crippen LogP) is 1.56. The molecule has 1 aliphatic rings. The molecule has 0 aromatic carbocycles. The lowest BCUT2D eigenvalue weighted by Gasteiger charge is -2.33. The molecule has 23 heavy (non-hydrogen) atoms. The van der Waals surface area contributed by atoms with Crippen LogP contribution in [0.5, 0.6) is 0 Å². The first-order valence-electron chi connectivity index (χ1n) is 8.31. The lowest BCUT2D eigenvalue weighted by atomic mass is 10.0. The highest BCUT2D eigenvalue weighted by atomic mass is 127. The van der Waals surface area contributed by atoms with Crippen LogP contribution in [0.15, 0.2) is 4.99 Å². The Bertz CT molecular complexity index is 381. The smallest absolute Gasteiger partial charge is 0.239 e. The highest BCUT2D eigenvalue weighted by molar-refractivity contribution is 14.0. The van der Waals surface area contributed by atoms with Gasteiger partial charge in [0.1, 0.15) is 0 Å². The number of guanidine groups is 1. The van der Waals surface area contributed by atoms with Crippen molar-refractivity contribution in [1.82, 2.24) is 20.9 Å². The summed E-state index contributed by atoms with van der Waals surface area (Å²) in [5, 5.41) is 9.24. The van der Waals surface area contributed by atoms with Crippen molar-refractivity contribution in [2.24, 2.45) is 4.99 Å². The number of rotatable bonds is 5. The number of hydrogen-bond donors (Lipinski definition) is 3. The molecule has 0 radical (unpaired) electrons. The summed E-state index contributed by atoms with van der Waals surface area (Å²) in [6.45, 7) is 11.5. The summed E-state index contributed by atoms with van der Waals surface area (Å²) in [7, 11) is 1.72. The van der Waals surface area contributed by atoms with Crippen molar-refractivity contribution in [2.75, 3.05) is 33.2 Å². The second-order valence-electron chi connectivity index (χ2n) is 7.03. The number of halogens is 1. The molecule has 0 spiro atoms.